The van der Waals surface area contributed by atoms with Gasteiger partial charge in [-0.3, -0.25) is 0 Å². The summed E-state index contributed by atoms with van der Waals surface area (Å²) < 4.78 is 24.8. The number of anilines is 1. The van der Waals surface area contributed by atoms with Crippen molar-refractivity contribution in [1.82, 2.24) is 9.62 Å². The molecule has 0 unspecified atom stereocenters. The summed E-state index contributed by atoms with van der Waals surface area (Å²) in [7, 11) is -3.15. The number of aryl methyl sites for hydroxylation is 2. The summed E-state index contributed by atoms with van der Waals surface area (Å²) in [5.41, 5.74) is 3.52. The van der Waals surface area contributed by atoms with E-state index in [1.165, 1.54) is 28.1 Å². The molecule has 3 rings (SSSR count). The van der Waals surface area contributed by atoms with Crippen molar-refractivity contribution in [2.75, 3.05) is 31.2 Å². The second kappa shape index (κ2) is 7.11. The zero-order valence-electron chi connectivity index (χ0n) is 14.0. The van der Waals surface area contributed by atoms with Gasteiger partial charge in [-0.25, -0.2) is 17.5 Å². The lowest BCUT2D eigenvalue weighted by Gasteiger charge is -2.30. The van der Waals surface area contributed by atoms with Gasteiger partial charge in [-0.15, -0.1) is 0 Å². The molecule has 1 aliphatic carbocycles. The Hall–Kier alpha value is -1.60. The normalized spacial score (nSPS) is 21.3. The lowest BCUT2D eigenvalue weighted by molar-refractivity contribution is 0.239. The largest absolute Gasteiger partial charge is 0.338 e. The van der Waals surface area contributed by atoms with E-state index in [0.29, 0.717) is 19.6 Å². The molecule has 24 heavy (non-hydrogen) atoms. The minimum Gasteiger partial charge on any atom is -0.338 e. The smallest absolute Gasteiger partial charge is 0.319 e. The van der Waals surface area contributed by atoms with Gasteiger partial charge in [-0.2, -0.15) is 0 Å². The Morgan fingerprint density at radius 3 is 2.83 bits per heavy atom. The lowest BCUT2D eigenvalue weighted by Crippen LogP contribution is -2.43. The standard InChI is InChI=1S/C17H25N3O3S/c1-24(22,23)20-9-3-4-13(12-20)11-18-17(21)19-16-8-7-14-5-2-6-15(14)10-16/h7-8,10,13H,2-6,9,11-12H2,1H3,(H2,18,19,21)/t13-/m1/s1. The molecular weight excluding hydrogens is 326 g/mol. The number of sulfonamides is 1. The highest BCUT2D eigenvalue weighted by Crippen LogP contribution is 2.25. The topological polar surface area (TPSA) is 78.5 Å². The fourth-order valence-corrected chi connectivity index (χ4v) is 4.50. The number of hydrogen-bond acceptors (Lipinski definition) is 3. The van der Waals surface area contributed by atoms with E-state index in [4.69, 9.17) is 0 Å². The molecule has 1 aliphatic heterocycles. The van der Waals surface area contributed by atoms with Gasteiger partial charge in [0.1, 0.15) is 0 Å². The maximum atomic E-state index is 12.1. The molecule has 1 fully saturated rings. The number of nitrogens with one attached hydrogen (secondary N) is 2. The molecule has 2 aliphatic rings. The van der Waals surface area contributed by atoms with Crippen molar-refractivity contribution in [2.24, 2.45) is 5.92 Å². The number of carbonyl (C=O) groups excluding carboxylic acids is 1. The number of urea groups is 1. The average molecular weight is 351 g/mol. The van der Waals surface area contributed by atoms with E-state index in [1.54, 1.807) is 0 Å². The molecule has 7 heteroatoms. The molecule has 2 N–H and O–H groups in total. The van der Waals surface area contributed by atoms with Gasteiger partial charge in [0.05, 0.1) is 6.26 Å². The van der Waals surface area contributed by atoms with E-state index >= 15 is 0 Å². The van der Waals surface area contributed by atoms with Crippen LogP contribution in [0.5, 0.6) is 0 Å². The van der Waals surface area contributed by atoms with Crippen LogP contribution in [0, 0.1) is 5.92 Å². The molecule has 1 heterocycles. The highest BCUT2D eigenvalue weighted by Gasteiger charge is 2.26. The highest BCUT2D eigenvalue weighted by atomic mass is 32.2. The van der Waals surface area contributed by atoms with E-state index < -0.39 is 10.0 Å². The van der Waals surface area contributed by atoms with Crippen LogP contribution in [0.25, 0.3) is 0 Å². The first-order valence-corrected chi connectivity index (χ1v) is 10.4. The zero-order chi connectivity index (χ0) is 17.2. The number of carbonyl (C=O) groups is 1. The van der Waals surface area contributed by atoms with Crippen LogP contribution < -0.4 is 10.6 Å². The molecule has 0 spiro atoms. The Bertz CT molecular complexity index is 718. The van der Waals surface area contributed by atoms with Crippen molar-refractivity contribution in [2.45, 2.75) is 32.1 Å². The van der Waals surface area contributed by atoms with Gasteiger partial charge in [-0.1, -0.05) is 6.07 Å². The van der Waals surface area contributed by atoms with Crippen molar-refractivity contribution >= 4 is 21.7 Å². The summed E-state index contributed by atoms with van der Waals surface area (Å²) in [5, 5.41) is 5.74. The third-order valence-electron chi connectivity index (χ3n) is 4.86. The third-order valence-corrected chi connectivity index (χ3v) is 6.13. The molecular formula is C17H25N3O3S. The van der Waals surface area contributed by atoms with E-state index in [-0.39, 0.29) is 11.9 Å². The van der Waals surface area contributed by atoms with Crippen LogP contribution >= 0.6 is 0 Å². The number of hydrogen-bond donors (Lipinski definition) is 2. The van der Waals surface area contributed by atoms with Crippen LogP contribution in [-0.2, 0) is 22.9 Å². The van der Waals surface area contributed by atoms with E-state index in [2.05, 4.69) is 16.7 Å². The van der Waals surface area contributed by atoms with E-state index in [0.717, 1.165) is 31.4 Å². The van der Waals surface area contributed by atoms with E-state index in [1.807, 2.05) is 12.1 Å². The fourth-order valence-electron chi connectivity index (χ4n) is 3.56. The Morgan fingerprint density at radius 2 is 2.04 bits per heavy atom. The van der Waals surface area contributed by atoms with Gasteiger partial charge in [0.2, 0.25) is 10.0 Å². The maximum Gasteiger partial charge on any atom is 0.319 e. The van der Waals surface area contributed by atoms with Crippen LogP contribution in [0.2, 0.25) is 0 Å². The van der Waals surface area contributed by atoms with Crippen LogP contribution in [-0.4, -0.2) is 44.6 Å². The summed E-state index contributed by atoms with van der Waals surface area (Å²) in [6.07, 6.45) is 6.40. The number of amides is 2. The molecule has 0 saturated carbocycles. The molecule has 2 amide bonds. The lowest BCUT2D eigenvalue weighted by atomic mass is 10.00. The maximum absolute atomic E-state index is 12.1. The second-order valence-electron chi connectivity index (χ2n) is 6.80. The van der Waals surface area contributed by atoms with Gasteiger partial charge in [-0.05, 0) is 61.3 Å². The van der Waals surface area contributed by atoms with Crippen LogP contribution in [0.1, 0.15) is 30.4 Å². The number of nitrogens with zero attached hydrogens (tertiary/aromatic N) is 1. The number of fused-ring (bicyclic) bond motifs is 1. The molecule has 132 valence electrons. The van der Waals surface area contributed by atoms with Crippen molar-refractivity contribution in [3.05, 3.63) is 29.3 Å². The summed E-state index contributed by atoms with van der Waals surface area (Å²) >= 11 is 0. The number of rotatable bonds is 4. The van der Waals surface area contributed by atoms with Gasteiger partial charge >= 0.3 is 6.03 Å². The number of benzene rings is 1. The summed E-state index contributed by atoms with van der Waals surface area (Å²) in [6, 6.07) is 5.84. The van der Waals surface area contributed by atoms with Crippen LogP contribution in [0.3, 0.4) is 0 Å². The SMILES string of the molecule is CS(=O)(=O)N1CCC[C@H](CNC(=O)Nc2ccc3c(c2)CCC3)C1. The molecule has 6 nitrogen and oxygen atoms in total. The molecule has 1 saturated heterocycles. The average Bonchev–Trinajstić information content (AvgIpc) is 3.00. The third kappa shape index (κ3) is 4.27. The van der Waals surface area contributed by atoms with Crippen LogP contribution in [0.4, 0.5) is 10.5 Å². The predicted octanol–water partition coefficient (Wildman–Crippen LogP) is 1.97. The van der Waals surface area contributed by atoms with E-state index in [9.17, 15) is 13.2 Å². The number of piperidine rings is 1. The van der Waals surface area contributed by atoms with Crippen LogP contribution in [0.15, 0.2) is 18.2 Å². The fraction of sp³-hybridized carbons (Fsp3) is 0.588. The van der Waals surface area contributed by atoms with Crippen molar-refractivity contribution in [1.29, 1.82) is 0 Å². The first-order chi connectivity index (χ1) is 11.4. The van der Waals surface area contributed by atoms with Gasteiger partial charge in [0.25, 0.3) is 0 Å². The molecule has 1 aromatic carbocycles. The summed E-state index contributed by atoms with van der Waals surface area (Å²) in [6.45, 7) is 1.55. The molecule has 1 atom stereocenters. The van der Waals surface area contributed by atoms with Crippen molar-refractivity contribution in [3.63, 3.8) is 0 Å². The first-order valence-electron chi connectivity index (χ1n) is 8.53. The Morgan fingerprint density at radius 1 is 1.25 bits per heavy atom. The predicted molar refractivity (Wildman–Crippen MR) is 94.6 cm³/mol. The minimum absolute atomic E-state index is 0.166. The van der Waals surface area contributed by atoms with Crippen molar-refractivity contribution < 1.29 is 13.2 Å². The molecule has 0 aromatic heterocycles. The van der Waals surface area contributed by atoms with Crippen molar-refractivity contribution in [3.8, 4) is 0 Å². The zero-order valence-corrected chi connectivity index (χ0v) is 14.9. The van der Waals surface area contributed by atoms with Gasteiger partial charge in [0.15, 0.2) is 0 Å². The molecule has 0 bridgehead atoms. The molecule has 0 radical (unpaired) electrons. The second-order valence-corrected chi connectivity index (χ2v) is 8.78. The highest BCUT2D eigenvalue weighted by molar-refractivity contribution is 7.88. The Kier molecular flexibility index (Phi) is 5.10. The Labute approximate surface area is 143 Å². The summed E-state index contributed by atoms with van der Waals surface area (Å²) in [5.74, 6) is 0.166. The Balaban J connectivity index is 1.49. The molecule has 1 aromatic rings. The van der Waals surface area contributed by atoms with Gasteiger partial charge < -0.3 is 10.6 Å². The van der Waals surface area contributed by atoms with Gasteiger partial charge in [0, 0.05) is 25.3 Å². The minimum atomic E-state index is -3.15. The monoisotopic (exact) mass is 351 g/mol. The first kappa shape index (κ1) is 17.2. The quantitative estimate of drug-likeness (QED) is 0.870. The summed E-state index contributed by atoms with van der Waals surface area (Å²) in [4.78, 5) is 12.1.